The van der Waals surface area contributed by atoms with Crippen molar-refractivity contribution in [1.29, 1.82) is 0 Å². The van der Waals surface area contributed by atoms with Gasteiger partial charge in [0.05, 0.1) is 5.69 Å². The monoisotopic (exact) mass is 348 g/mol. The van der Waals surface area contributed by atoms with Crippen molar-refractivity contribution in [3.05, 3.63) is 27.7 Å². The Balaban J connectivity index is 2.72. The minimum absolute atomic E-state index is 0.211. The number of nitrogens with one attached hydrogen (secondary N) is 2. The van der Waals surface area contributed by atoms with Crippen LogP contribution in [0.4, 0.5) is 10.5 Å². The average Bonchev–Trinajstić information content (AvgIpc) is 2.29. The van der Waals surface area contributed by atoms with Gasteiger partial charge >= 0.3 is 12.0 Å². The third-order valence-corrected chi connectivity index (χ3v) is 3.29. The molecule has 0 saturated heterocycles. The van der Waals surface area contributed by atoms with E-state index in [1.54, 1.807) is 32.0 Å². The van der Waals surface area contributed by atoms with Crippen LogP contribution in [-0.2, 0) is 4.79 Å². The van der Waals surface area contributed by atoms with Gasteiger partial charge in [-0.05, 0) is 40.0 Å². The Hall–Kier alpha value is -1.27. The van der Waals surface area contributed by atoms with Crippen molar-refractivity contribution < 1.29 is 14.7 Å². The summed E-state index contributed by atoms with van der Waals surface area (Å²) in [7, 11) is 0. The van der Waals surface area contributed by atoms with Gasteiger partial charge in [-0.1, -0.05) is 25.4 Å². The van der Waals surface area contributed by atoms with Crippen molar-refractivity contribution in [1.82, 2.24) is 5.32 Å². The van der Waals surface area contributed by atoms with Gasteiger partial charge < -0.3 is 15.7 Å². The maximum absolute atomic E-state index is 11.7. The predicted octanol–water partition coefficient (Wildman–Crippen LogP) is 3.33. The highest BCUT2D eigenvalue weighted by molar-refractivity contribution is 9.10. The van der Waals surface area contributed by atoms with Crippen LogP contribution in [0.3, 0.4) is 0 Å². The molecule has 1 atom stereocenters. The van der Waals surface area contributed by atoms with Gasteiger partial charge in [-0.15, -0.1) is 0 Å². The largest absolute Gasteiger partial charge is 0.480 e. The van der Waals surface area contributed by atoms with Crippen LogP contribution in [0.5, 0.6) is 0 Å². The highest BCUT2D eigenvalue weighted by Gasteiger charge is 2.23. The van der Waals surface area contributed by atoms with Crippen molar-refractivity contribution in [2.24, 2.45) is 5.92 Å². The molecule has 0 saturated carbocycles. The van der Waals surface area contributed by atoms with Crippen molar-refractivity contribution in [3.63, 3.8) is 0 Å². The smallest absolute Gasteiger partial charge is 0.326 e. The van der Waals surface area contributed by atoms with Crippen LogP contribution in [0.15, 0.2) is 22.7 Å². The second kappa shape index (κ2) is 6.77. The Labute approximate surface area is 124 Å². The van der Waals surface area contributed by atoms with Crippen molar-refractivity contribution >= 4 is 45.2 Å². The van der Waals surface area contributed by atoms with E-state index in [0.717, 1.165) is 0 Å². The summed E-state index contributed by atoms with van der Waals surface area (Å²) in [6.07, 6.45) is 0. The van der Waals surface area contributed by atoms with Crippen LogP contribution < -0.4 is 10.6 Å². The summed E-state index contributed by atoms with van der Waals surface area (Å²) in [4.78, 5) is 22.7. The number of benzene rings is 1. The molecule has 1 aromatic rings. The third kappa shape index (κ3) is 4.72. The maximum atomic E-state index is 11.7. The summed E-state index contributed by atoms with van der Waals surface area (Å²) in [5, 5.41) is 14.5. The Morgan fingerprint density at radius 1 is 1.37 bits per heavy atom. The number of amides is 2. The molecular weight excluding hydrogens is 336 g/mol. The molecule has 0 bridgehead atoms. The third-order valence-electron chi connectivity index (χ3n) is 2.40. The van der Waals surface area contributed by atoms with Gasteiger partial charge in [-0.25, -0.2) is 9.59 Å². The minimum atomic E-state index is -1.07. The van der Waals surface area contributed by atoms with Crippen LogP contribution in [0, 0.1) is 5.92 Å². The number of hydrogen-bond donors (Lipinski definition) is 3. The first-order valence-corrected chi connectivity index (χ1v) is 6.73. The van der Waals surface area contributed by atoms with E-state index in [4.69, 9.17) is 16.7 Å². The number of rotatable bonds is 4. The van der Waals surface area contributed by atoms with Gasteiger partial charge in [0.1, 0.15) is 6.04 Å². The number of hydrogen-bond acceptors (Lipinski definition) is 2. The summed E-state index contributed by atoms with van der Waals surface area (Å²) in [5.74, 6) is -1.28. The number of carbonyl (C=O) groups excluding carboxylic acids is 1. The lowest BCUT2D eigenvalue weighted by atomic mass is 10.1. The lowest BCUT2D eigenvalue weighted by molar-refractivity contribution is -0.140. The predicted molar refractivity (Wildman–Crippen MR) is 77.6 cm³/mol. The molecule has 5 nitrogen and oxygen atoms in total. The van der Waals surface area contributed by atoms with E-state index in [0.29, 0.717) is 15.2 Å². The number of halogens is 2. The van der Waals surface area contributed by atoms with E-state index in [2.05, 4.69) is 26.6 Å². The normalized spacial score (nSPS) is 12.1. The van der Waals surface area contributed by atoms with Crippen molar-refractivity contribution in [2.45, 2.75) is 19.9 Å². The van der Waals surface area contributed by atoms with Gasteiger partial charge in [0.25, 0.3) is 0 Å². The Kier molecular flexibility index (Phi) is 5.62. The molecule has 1 aromatic carbocycles. The van der Waals surface area contributed by atoms with Crippen molar-refractivity contribution in [2.75, 3.05) is 5.32 Å². The fraction of sp³-hybridized carbons (Fsp3) is 0.333. The fourth-order valence-electron chi connectivity index (χ4n) is 1.40. The number of urea groups is 1. The van der Waals surface area contributed by atoms with Gasteiger partial charge in [-0.2, -0.15) is 0 Å². The summed E-state index contributed by atoms with van der Waals surface area (Å²) in [6, 6.07) is 3.36. The van der Waals surface area contributed by atoms with E-state index >= 15 is 0 Å². The van der Waals surface area contributed by atoms with Crippen molar-refractivity contribution in [3.8, 4) is 0 Å². The molecule has 0 aliphatic rings. The second-order valence-electron chi connectivity index (χ2n) is 4.28. The molecule has 7 heteroatoms. The zero-order chi connectivity index (χ0) is 14.6. The molecule has 0 fully saturated rings. The number of carboxylic acids is 1. The maximum Gasteiger partial charge on any atom is 0.326 e. The Bertz CT molecular complexity index is 494. The highest BCUT2D eigenvalue weighted by Crippen LogP contribution is 2.25. The number of anilines is 1. The highest BCUT2D eigenvalue weighted by atomic mass is 79.9. The van der Waals surface area contributed by atoms with Gasteiger partial charge in [0, 0.05) is 9.50 Å². The molecule has 0 radical (unpaired) electrons. The van der Waals surface area contributed by atoms with Crippen LogP contribution in [0.2, 0.25) is 5.02 Å². The van der Waals surface area contributed by atoms with Gasteiger partial charge in [0.15, 0.2) is 0 Å². The quantitative estimate of drug-likeness (QED) is 0.780. The zero-order valence-corrected chi connectivity index (χ0v) is 12.7. The molecular formula is C12H14BrClN2O3. The van der Waals surface area contributed by atoms with E-state index in [9.17, 15) is 9.59 Å². The summed E-state index contributed by atoms with van der Waals surface area (Å²) in [6.45, 7) is 3.44. The molecule has 1 rings (SSSR count). The number of carbonyl (C=O) groups is 2. The van der Waals surface area contributed by atoms with Crippen LogP contribution >= 0.6 is 27.5 Å². The molecule has 0 spiro atoms. The first-order valence-electron chi connectivity index (χ1n) is 5.56. The molecule has 2 amide bonds. The van der Waals surface area contributed by atoms with Gasteiger partial charge in [0.2, 0.25) is 0 Å². The minimum Gasteiger partial charge on any atom is -0.480 e. The van der Waals surface area contributed by atoms with E-state index in [1.165, 1.54) is 0 Å². The SMILES string of the molecule is CC(C)C(NC(=O)Nc1ccc(Cl)cc1Br)C(=O)O. The topological polar surface area (TPSA) is 78.4 Å². The first-order chi connectivity index (χ1) is 8.81. The van der Waals surface area contributed by atoms with Crippen LogP contribution in [0.1, 0.15) is 13.8 Å². The molecule has 1 unspecified atom stereocenters. The lowest BCUT2D eigenvalue weighted by Crippen LogP contribution is -2.46. The summed E-state index contributed by atoms with van der Waals surface area (Å²) >= 11 is 9.04. The Morgan fingerprint density at radius 3 is 2.47 bits per heavy atom. The van der Waals surface area contributed by atoms with Gasteiger partial charge in [-0.3, -0.25) is 0 Å². The summed E-state index contributed by atoms with van der Waals surface area (Å²) < 4.78 is 0.617. The Morgan fingerprint density at radius 2 is 2.00 bits per heavy atom. The first kappa shape index (κ1) is 15.8. The van der Waals surface area contributed by atoms with E-state index in [1.807, 2.05) is 0 Å². The second-order valence-corrected chi connectivity index (χ2v) is 5.57. The zero-order valence-electron chi connectivity index (χ0n) is 10.4. The van der Waals surface area contributed by atoms with Crippen LogP contribution in [-0.4, -0.2) is 23.1 Å². The molecule has 104 valence electrons. The molecule has 19 heavy (non-hydrogen) atoms. The number of carboxylic acid groups (broad SMARTS) is 1. The molecule has 0 heterocycles. The molecule has 0 aliphatic carbocycles. The summed E-state index contributed by atoms with van der Waals surface area (Å²) in [5.41, 5.74) is 0.509. The molecule has 0 aromatic heterocycles. The molecule has 3 N–H and O–H groups in total. The number of aliphatic carboxylic acids is 1. The average molecular weight is 350 g/mol. The standard InChI is InChI=1S/C12H14BrClN2O3/c1-6(2)10(11(17)18)16-12(19)15-9-4-3-7(14)5-8(9)13/h3-6,10H,1-2H3,(H,17,18)(H2,15,16,19). The molecule has 0 aliphatic heterocycles. The fourth-order valence-corrected chi connectivity index (χ4v) is 2.19. The van der Waals surface area contributed by atoms with Crippen LogP contribution in [0.25, 0.3) is 0 Å². The lowest BCUT2D eigenvalue weighted by Gasteiger charge is -2.18. The van der Waals surface area contributed by atoms with E-state index < -0.39 is 18.0 Å². The van der Waals surface area contributed by atoms with E-state index in [-0.39, 0.29) is 5.92 Å².